The van der Waals surface area contributed by atoms with Crippen LogP contribution in [0.4, 0.5) is 0 Å². The second kappa shape index (κ2) is 9.84. The van der Waals surface area contributed by atoms with E-state index < -0.39 is 5.91 Å². The third-order valence-corrected chi connectivity index (χ3v) is 4.57. The number of benzene rings is 2. The average Bonchev–Trinajstić information content (AvgIpc) is 2.66. The van der Waals surface area contributed by atoms with E-state index in [1.165, 1.54) is 6.08 Å². The molecule has 27 heavy (non-hydrogen) atoms. The van der Waals surface area contributed by atoms with E-state index in [0.29, 0.717) is 11.3 Å². The number of thiocarbonyl (C=S) groups is 1. The predicted octanol–water partition coefficient (Wildman–Crippen LogP) is 3.12. The van der Waals surface area contributed by atoms with E-state index >= 15 is 0 Å². The Kier molecular flexibility index (Phi) is 7.51. The van der Waals surface area contributed by atoms with Crippen molar-refractivity contribution in [3.8, 4) is 5.75 Å². The van der Waals surface area contributed by atoms with Crippen LogP contribution in [0.2, 0.25) is 0 Å². The standard InChI is InChI=1S/C19H18BrN3O3S/c1-12-7-8-14(11-15(12)20)18(25)22-23-19(27)21-17(24)10-9-13-5-3-4-6-16(13)26-2/h3-11H,1-2H3,(H,22,25)(H2,21,23,24,27). The third-order valence-electron chi connectivity index (χ3n) is 3.51. The first kappa shape index (κ1) is 20.6. The topological polar surface area (TPSA) is 79.5 Å². The molecule has 2 aromatic rings. The van der Waals surface area contributed by atoms with Gasteiger partial charge in [0.15, 0.2) is 5.11 Å². The Morgan fingerprint density at radius 1 is 1.15 bits per heavy atom. The number of hydrazine groups is 1. The molecule has 0 heterocycles. The number of amides is 2. The van der Waals surface area contributed by atoms with Gasteiger partial charge in [0, 0.05) is 21.7 Å². The molecule has 6 nitrogen and oxygen atoms in total. The molecule has 8 heteroatoms. The molecular weight excluding hydrogens is 430 g/mol. The van der Waals surface area contributed by atoms with Crippen LogP contribution in [0.5, 0.6) is 5.75 Å². The van der Waals surface area contributed by atoms with Crippen molar-refractivity contribution in [2.24, 2.45) is 0 Å². The number of carbonyl (C=O) groups is 2. The summed E-state index contributed by atoms with van der Waals surface area (Å²) in [5.74, 6) is -0.165. The smallest absolute Gasteiger partial charge is 0.269 e. The summed E-state index contributed by atoms with van der Waals surface area (Å²) in [6.45, 7) is 1.92. The van der Waals surface area contributed by atoms with Gasteiger partial charge < -0.3 is 4.74 Å². The largest absolute Gasteiger partial charge is 0.496 e. The van der Waals surface area contributed by atoms with E-state index in [4.69, 9.17) is 17.0 Å². The van der Waals surface area contributed by atoms with Crippen molar-refractivity contribution in [2.45, 2.75) is 6.92 Å². The number of ether oxygens (including phenoxy) is 1. The molecule has 140 valence electrons. The summed E-state index contributed by atoms with van der Waals surface area (Å²) in [4.78, 5) is 24.0. The molecule has 0 aliphatic rings. The van der Waals surface area contributed by atoms with Crippen molar-refractivity contribution in [2.75, 3.05) is 7.11 Å². The first-order valence-electron chi connectivity index (χ1n) is 7.89. The Hall–Kier alpha value is -2.71. The van der Waals surface area contributed by atoms with Crippen LogP contribution in [0.3, 0.4) is 0 Å². The highest BCUT2D eigenvalue weighted by Gasteiger charge is 2.08. The number of hydrogen-bond acceptors (Lipinski definition) is 4. The van der Waals surface area contributed by atoms with E-state index in [-0.39, 0.29) is 11.0 Å². The van der Waals surface area contributed by atoms with Crippen molar-refractivity contribution >= 4 is 51.2 Å². The summed E-state index contributed by atoms with van der Waals surface area (Å²) in [5.41, 5.74) is 7.15. The van der Waals surface area contributed by atoms with Crippen LogP contribution < -0.4 is 20.9 Å². The lowest BCUT2D eigenvalue weighted by molar-refractivity contribution is -0.115. The lowest BCUT2D eigenvalue weighted by Gasteiger charge is -2.10. The maximum absolute atomic E-state index is 12.1. The zero-order valence-corrected chi connectivity index (χ0v) is 17.1. The molecule has 0 atom stereocenters. The van der Waals surface area contributed by atoms with E-state index in [2.05, 4.69) is 32.1 Å². The van der Waals surface area contributed by atoms with Crippen molar-refractivity contribution in [1.82, 2.24) is 16.2 Å². The van der Waals surface area contributed by atoms with Crippen LogP contribution in [0.25, 0.3) is 6.08 Å². The molecule has 2 aromatic carbocycles. The van der Waals surface area contributed by atoms with Gasteiger partial charge in [0.05, 0.1) is 7.11 Å². The second-order valence-electron chi connectivity index (χ2n) is 5.44. The highest BCUT2D eigenvalue weighted by molar-refractivity contribution is 9.10. The number of rotatable bonds is 4. The van der Waals surface area contributed by atoms with Crippen LogP contribution in [-0.2, 0) is 4.79 Å². The van der Waals surface area contributed by atoms with Gasteiger partial charge in [-0.2, -0.15) is 0 Å². The van der Waals surface area contributed by atoms with E-state index in [0.717, 1.165) is 15.6 Å². The normalized spacial score (nSPS) is 10.3. The van der Waals surface area contributed by atoms with Crippen molar-refractivity contribution in [1.29, 1.82) is 0 Å². The first-order chi connectivity index (χ1) is 12.9. The summed E-state index contributed by atoms with van der Waals surface area (Å²) in [7, 11) is 1.56. The van der Waals surface area contributed by atoms with Gasteiger partial charge >= 0.3 is 0 Å². The highest BCUT2D eigenvalue weighted by atomic mass is 79.9. The molecule has 3 N–H and O–H groups in total. The fraction of sp³-hybridized carbons (Fsp3) is 0.105. The molecule has 0 unspecified atom stereocenters. The van der Waals surface area contributed by atoms with Crippen molar-refractivity contribution < 1.29 is 14.3 Å². The minimum Gasteiger partial charge on any atom is -0.496 e. The Morgan fingerprint density at radius 3 is 2.59 bits per heavy atom. The summed E-state index contributed by atoms with van der Waals surface area (Å²) in [6, 6.07) is 12.5. The summed E-state index contributed by atoms with van der Waals surface area (Å²) < 4.78 is 6.04. The quantitative estimate of drug-likeness (QED) is 0.381. The fourth-order valence-corrected chi connectivity index (χ4v) is 2.60. The molecule has 0 saturated carbocycles. The summed E-state index contributed by atoms with van der Waals surface area (Å²) in [5, 5.41) is 2.42. The Labute approximate surface area is 171 Å². The van der Waals surface area contributed by atoms with Crippen LogP contribution in [-0.4, -0.2) is 24.0 Å². The number of aryl methyl sites for hydroxylation is 1. The number of para-hydroxylation sites is 1. The van der Waals surface area contributed by atoms with Crippen LogP contribution in [0.15, 0.2) is 53.0 Å². The molecular formula is C19H18BrN3O3S. The van der Waals surface area contributed by atoms with Crippen molar-refractivity contribution in [3.05, 3.63) is 69.7 Å². The number of hydrogen-bond donors (Lipinski definition) is 3. The summed E-state index contributed by atoms with van der Waals surface area (Å²) in [6.07, 6.45) is 2.93. The number of carbonyl (C=O) groups excluding carboxylic acids is 2. The zero-order chi connectivity index (χ0) is 19.8. The monoisotopic (exact) mass is 447 g/mol. The van der Waals surface area contributed by atoms with Gasteiger partial charge in [-0.15, -0.1) is 0 Å². The molecule has 0 saturated heterocycles. The SMILES string of the molecule is COc1ccccc1C=CC(=O)NC(=S)NNC(=O)c1ccc(C)c(Br)c1. The predicted molar refractivity (Wildman–Crippen MR) is 112 cm³/mol. The van der Waals surface area contributed by atoms with Gasteiger partial charge in [-0.25, -0.2) is 0 Å². The van der Waals surface area contributed by atoms with Gasteiger partial charge in [0.1, 0.15) is 5.75 Å². The minimum atomic E-state index is -0.439. The second-order valence-corrected chi connectivity index (χ2v) is 6.70. The van der Waals surface area contributed by atoms with Crippen LogP contribution >= 0.6 is 28.1 Å². The molecule has 0 fully saturated rings. The minimum absolute atomic E-state index is 0.0239. The summed E-state index contributed by atoms with van der Waals surface area (Å²) >= 11 is 8.37. The van der Waals surface area contributed by atoms with Crippen LogP contribution in [0, 0.1) is 6.92 Å². The number of nitrogens with one attached hydrogen (secondary N) is 3. The Bertz CT molecular complexity index is 900. The Morgan fingerprint density at radius 2 is 1.89 bits per heavy atom. The van der Waals surface area contributed by atoms with E-state index in [9.17, 15) is 9.59 Å². The van der Waals surface area contributed by atoms with E-state index in [1.807, 2.05) is 31.2 Å². The van der Waals surface area contributed by atoms with Gasteiger partial charge in [-0.3, -0.25) is 25.8 Å². The maximum atomic E-state index is 12.1. The maximum Gasteiger partial charge on any atom is 0.269 e. The zero-order valence-electron chi connectivity index (χ0n) is 14.7. The molecule has 0 aliphatic carbocycles. The highest BCUT2D eigenvalue weighted by Crippen LogP contribution is 2.18. The average molecular weight is 448 g/mol. The Balaban J connectivity index is 1.86. The first-order valence-corrected chi connectivity index (χ1v) is 9.09. The lowest BCUT2D eigenvalue weighted by atomic mass is 10.1. The van der Waals surface area contributed by atoms with Gasteiger partial charge in [-0.05, 0) is 49.0 Å². The van der Waals surface area contributed by atoms with Crippen molar-refractivity contribution in [3.63, 3.8) is 0 Å². The molecule has 0 spiro atoms. The lowest BCUT2D eigenvalue weighted by Crippen LogP contribution is -2.48. The fourth-order valence-electron chi connectivity index (χ4n) is 2.07. The molecule has 0 aromatic heterocycles. The molecule has 2 amide bonds. The van der Waals surface area contributed by atoms with Gasteiger partial charge in [0.25, 0.3) is 5.91 Å². The number of methoxy groups -OCH3 is 1. The van der Waals surface area contributed by atoms with Gasteiger partial charge in [-0.1, -0.05) is 40.2 Å². The van der Waals surface area contributed by atoms with E-state index in [1.54, 1.807) is 31.4 Å². The third kappa shape index (κ3) is 6.19. The molecule has 0 bridgehead atoms. The molecule has 2 rings (SSSR count). The molecule has 0 aliphatic heterocycles. The van der Waals surface area contributed by atoms with Gasteiger partial charge in [0.2, 0.25) is 5.91 Å². The number of halogens is 1. The molecule has 0 radical (unpaired) electrons. The van der Waals surface area contributed by atoms with Crippen LogP contribution in [0.1, 0.15) is 21.5 Å².